The van der Waals surface area contributed by atoms with Gasteiger partial charge in [0.2, 0.25) is 5.88 Å². The fraction of sp³-hybridized carbons (Fsp3) is 0.294. The summed E-state index contributed by atoms with van der Waals surface area (Å²) in [4.78, 5) is 4.43. The predicted molar refractivity (Wildman–Crippen MR) is 89.3 cm³/mol. The van der Waals surface area contributed by atoms with Gasteiger partial charge in [0.15, 0.2) is 0 Å². The monoisotopic (exact) mass is 321 g/mol. The van der Waals surface area contributed by atoms with Crippen molar-refractivity contribution in [1.82, 2.24) is 4.98 Å². The summed E-state index contributed by atoms with van der Waals surface area (Å²) in [6.45, 7) is 0.392. The van der Waals surface area contributed by atoms with E-state index in [0.717, 1.165) is 36.0 Å². The number of anilines is 2. The predicted octanol–water partition coefficient (Wildman–Crippen LogP) is 1.85. The molecular weight excluding hydrogens is 305 g/mol. The van der Waals surface area contributed by atoms with Crippen molar-refractivity contribution in [1.29, 1.82) is 5.26 Å². The molecule has 1 aliphatic carbocycles. The molecule has 2 aliphatic rings. The molecule has 6 nitrogen and oxygen atoms in total. The zero-order valence-corrected chi connectivity index (χ0v) is 13.0. The summed E-state index contributed by atoms with van der Waals surface area (Å²) >= 11 is 0. The number of pyridine rings is 1. The number of ether oxygens (including phenoxy) is 1. The first-order chi connectivity index (χ1) is 11.7. The maximum atomic E-state index is 9.67. The number of hydrogen-bond donors (Lipinski definition) is 2. The number of benzene rings is 1. The molecule has 4 rings (SSSR count). The molecule has 1 aromatic carbocycles. The lowest BCUT2D eigenvalue weighted by Gasteiger charge is -2.26. The van der Waals surface area contributed by atoms with Gasteiger partial charge in [-0.2, -0.15) is 10.2 Å². The van der Waals surface area contributed by atoms with Gasteiger partial charge in [-0.3, -0.25) is 0 Å². The quantitative estimate of drug-likeness (QED) is 0.836. The van der Waals surface area contributed by atoms with E-state index in [1.807, 2.05) is 18.2 Å². The second kappa shape index (κ2) is 6.15. The normalized spacial score (nSPS) is 16.2. The minimum absolute atomic E-state index is 0.165. The van der Waals surface area contributed by atoms with Gasteiger partial charge in [-0.15, -0.1) is 0 Å². The molecule has 0 atom stereocenters. The smallest absolute Gasteiger partial charge is 0.473 e. The molecule has 2 N–H and O–H groups in total. The first-order valence-corrected chi connectivity index (χ1v) is 8.00. The van der Waals surface area contributed by atoms with E-state index < -0.39 is 7.12 Å². The molecule has 1 aromatic heterocycles. The molecule has 2 heterocycles. The molecule has 1 saturated carbocycles. The van der Waals surface area contributed by atoms with Crippen molar-refractivity contribution in [2.24, 2.45) is 0 Å². The van der Waals surface area contributed by atoms with Crippen LogP contribution in [0.5, 0.6) is 5.88 Å². The highest BCUT2D eigenvalue weighted by atomic mass is 16.5. The van der Waals surface area contributed by atoms with E-state index >= 15 is 0 Å². The fourth-order valence-electron chi connectivity index (χ4n) is 2.79. The third-order valence-electron chi connectivity index (χ3n) is 4.39. The van der Waals surface area contributed by atoms with Gasteiger partial charge >= 0.3 is 7.12 Å². The molecule has 0 bridgehead atoms. The van der Waals surface area contributed by atoms with Crippen molar-refractivity contribution in [2.45, 2.75) is 32.0 Å². The van der Waals surface area contributed by atoms with Crippen LogP contribution in [0.25, 0.3) is 0 Å². The van der Waals surface area contributed by atoms with E-state index in [0.29, 0.717) is 23.9 Å². The highest BCUT2D eigenvalue weighted by Gasteiger charge is 2.27. The summed E-state index contributed by atoms with van der Waals surface area (Å²) in [5.74, 6) is 0.995. The summed E-state index contributed by atoms with van der Waals surface area (Å²) in [6, 6.07) is 11.2. The molecular formula is C17H16BN3O3. The van der Waals surface area contributed by atoms with Gasteiger partial charge in [0.1, 0.15) is 23.6 Å². The van der Waals surface area contributed by atoms with Gasteiger partial charge in [-0.05, 0) is 54.6 Å². The summed E-state index contributed by atoms with van der Waals surface area (Å²) in [7, 11) is -0.843. The molecule has 7 heteroatoms. The van der Waals surface area contributed by atoms with Gasteiger partial charge in [-0.1, -0.05) is 6.07 Å². The third kappa shape index (κ3) is 2.82. The zero-order chi connectivity index (χ0) is 16.5. The van der Waals surface area contributed by atoms with E-state index in [1.54, 1.807) is 12.1 Å². The lowest BCUT2D eigenvalue weighted by Crippen LogP contribution is -2.27. The average Bonchev–Trinajstić information content (AvgIpc) is 2.92. The van der Waals surface area contributed by atoms with Gasteiger partial charge in [-0.25, -0.2) is 0 Å². The number of fused-ring (bicyclic) bond motifs is 1. The maximum absolute atomic E-state index is 9.67. The van der Waals surface area contributed by atoms with Crippen LogP contribution in [-0.2, 0) is 11.3 Å². The molecule has 0 unspecified atom stereocenters. The number of hydrogen-bond acceptors (Lipinski definition) is 6. The number of nitrogens with one attached hydrogen (secondary N) is 1. The molecule has 1 aliphatic heterocycles. The fourth-order valence-corrected chi connectivity index (χ4v) is 2.79. The Balaban J connectivity index is 1.56. The Hall–Kier alpha value is -2.56. The van der Waals surface area contributed by atoms with Gasteiger partial charge < -0.3 is 19.7 Å². The van der Waals surface area contributed by atoms with Crippen LogP contribution in [0.1, 0.15) is 30.4 Å². The Morgan fingerprint density at radius 3 is 2.96 bits per heavy atom. The van der Waals surface area contributed by atoms with Crippen LogP contribution >= 0.6 is 0 Å². The van der Waals surface area contributed by atoms with Crippen molar-refractivity contribution in [3.8, 4) is 11.9 Å². The Bertz CT molecular complexity index is 817. The topological polar surface area (TPSA) is 87.4 Å². The first-order valence-electron chi connectivity index (χ1n) is 8.00. The van der Waals surface area contributed by atoms with Crippen LogP contribution in [-0.4, -0.2) is 23.2 Å². The number of nitrogens with zero attached hydrogens (tertiary/aromatic N) is 2. The average molecular weight is 321 g/mol. The van der Waals surface area contributed by atoms with E-state index in [9.17, 15) is 10.3 Å². The van der Waals surface area contributed by atoms with Gasteiger partial charge in [0, 0.05) is 5.69 Å². The van der Waals surface area contributed by atoms with Gasteiger partial charge in [0.25, 0.3) is 0 Å². The lowest BCUT2D eigenvalue weighted by atomic mass is 9.79. The first kappa shape index (κ1) is 15.0. The molecule has 0 saturated heterocycles. The lowest BCUT2D eigenvalue weighted by molar-refractivity contribution is 0.114. The minimum Gasteiger partial charge on any atom is -0.473 e. The molecule has 120 valence electrons. The maximum Gasteiger partial charge on any atom is 0.491 e. The molecule has 0 amide bonds. The highest BCUT2D eigenvalue weighted by molar-refractivity contribution is 6.61. The highest BCUT2D eigenvalue weighted by Crippen LogP contribution is 2.28. The van der Waals surface area contributed by atoms with Crippen LogP contribution in [0.3, 0.4) is 0 Å². The summed E-state index contributed by atoms with van der Waals surface area (Å²) in [5.41, 5.74) is 3.03. The van der Waals surface area contributed by atoms with E-state index in [2.05, 4.69) is 16.4 Å². The molecule has 0 radical (unpaired) electrons. The van der Waals surface area contributed by atoms with Crippen LogP contribution in [0.15, 0.2) is 30.3 Å². The minimum atomic E-state index is -0.843. The Kier molecular flexibility index (Phi) is 3.85. The van der Waals surface area contributed by atoms with Crippen LogP contribution in [0.4, 0.5) is 11.5 Å². The molecule has 0 spiro atoms. The molecule has 2 aromatic rings. The molecule has 1 fully saturated rings. The summed E-state index contributed by atoms with van der Waals surface area (Å²) in [5, 5.41) is 22.1. The third-order valence-corrected chi connectivity index (χ3v) is 4.39. The summed E-state index contributed by atoms with van der Waals surface area (Å²) < 4.78 is 11.0. The van der Waals surface area contributed by atoms with E-state index in [1.165, 1.54) is 0 Å². The second-order valence-electron chi connectivity index (χ2n) is 6.03. The zero-order valence-electron chi connectivity index (χ0n) is 13.0. The SMILES string of the molecule is N#Cc1ccc(Nc2ccc3c(c2)COB3O)nc1OC1CCC1. The molecule has 24 heavy (non-hydrogen) atoms. The number of rotatable bonds is 4. The van der Waals surface area contributed by atoms with Crippen LogP contribution < -0.4 is 15.5 Å². The van der Waals surface area contributed by atoms with Crippen molar-refractivity contribution >= 4 is 24.1 Å². The number of nitriles is 1. The second-order valence-corrected chi connectivity index (χ2v) is 6.03. The largest absolute Gasteiger partial charge is 0.491 e. The van der Waals surface area contributed by atoms with E-state index in [-0.39, 0.29) is 6.10 Å². The number of aromatic nitrogens is 1. The van der Waals surface area contributed by atoms with Crippen molar-refractivity contribution in [3.63, 3.8) is 0 Å². The van der Waals surface area contributed by atoms with Crippen LogP contribution in [0, 0.1) is 11.3 Å². The van der Waals surface area contributed by atoms with Crippen molar-refractivity contribution < 1.29 is 14.4 Å². The van der Waals surface area contributed by atoms with Crippen molar-refractivity contribution in [3.05, 3.63) is 41.5 Å². The van der Waals surface area contributed by atoms with Crippen molar-refractivity contribution in [2.75, 3.05) is 5.32 Å². The summed E-state index contributed by atoms with van der Waals surface area (Å²) in [6.07, 6.45) is 3.35. The Morgan fingerprint density at radius 2 is 2.21 bits per heavy atom. The Morgan fingerprint density at radius 1 is 1.33 bits per heavy atom. The van der Waals surface area contributed by atoms with E-state index in [4.69, 9.17) is 9.39 Å². The standard InChI is InChI=1S/C17H16BN3O3/c19-9-11-4-7-16(21-17(11)24-14-2-1-3-14)20-13-5-6-15-12(8-13)10-23-18(15)22/h4-8,14,22H,1-3,10H2,(H,20,21). The van der Waals surface area contributed by atoms with Crippen LogP contribution in [0.2, 0.25) is 0 Å². The Labute approximate surface area is 140 Å². The van der Waals surface area contributed by atoms with Gasteiger partial charge in [0.05, 0.1) is 6.61 Å².